The van der Waals surface area contributed by atoms with Gasteiger partial charge in [0.25, 0.3) is 5.69 Å². The summed E-state index contributed by atoms with van der Waals surface area (Å²) >= 11 is 2.07. The lowest BCUT2D eigenvalue weighted by molar-refractivity contribution is -0.384. The molecule has 2 fully saturated rings. The fourth-order valence-corrected chi connectivity index (χ4v) is 8.07. The van der Waals surface area contributed by atoms with E-state index in [4.69, 9.17) is 14.2 Å². The smallest absolute Gasteiger partial charge is 0.271 e. The zero-order valence-corrected chi connectivity index (χ0v) is 29.8. The number of phenols is 1. The normalized spacial score (nSPS) is 21.5. The van der Waals surface area contributed by atoms with E-state index in [1.807, 2.05) is 60.7 Å². The van der Waals surface area contributed by atoms with Crippen molar-refractivity contribution in [3.63, 3.8) is 0 Å². The first-order chi connectivity index (χ1) is 24.7. The number of ether oxygens (including phenoxy) is 3. The number of allylic oxidation sites excluding steroid dienone is 1. The van der Waals surface area contributed by atoms with Crippen LogP contribution >= 0.6 is 22.6 Å². The number of pyridine rings is 1. The molecule has 2 amide bonds. The molecule has 0 saturated carbocycles. The third kappa shape index (κ3) is 6.85. The summed E-state index contributed by atoms with van der Waals surface area (Å²) in [5, 5.41) is 21.9. The average Bonchev–Trinajstić information content (AvgIpc) is 3.68. The van der Waals surface area contributed by atoms with E-state index in [2.05, 4.69) is 27.6 Å². The van der Waals surface area contributed by atoms with E-state index in [1.54, 1.807) is 18.3 Å². The number of amides is 2. The highest BCUT2D eigenvalue weighted by molar-refractivity contribution is 14.1. The average molecular weight is 800 g/mol. The number of carbonyl (C=O) groups is 2. The number of phenolic OH excluding ortho intramolecular Hbond substituents is 1. The van der Waals surface area contributed by atoms with Gasteiger partial charge in [-0.25, -0.2) is 4.90 Å². The number of fused-ring (bicyclic) bond motifs is 3. The number of imide groups is 1. The molecule has 4 aromatic rings. The second kappa shape index (κ2) is 14.6. The number of hydrogen-bond acceptors (Lipinski definition) is 9. The number of nitro groups is 1. The predicted octanol–water partition coefficient (Wildman–Crippen LogP) is 7.23. The molecular formula is C39H34IN3O8. The summed E-state index contributed by atoms with van der Waals surface area (Å²) in [5.41, 5.74) is 4.49. The number of non-ortho nitro benzene ring substituents is 1. The van der Waals surface area contributed by atoms with Crippen LogP contribution < -0.4 is 14.4 Å². The molecule has 260 valence electrons. The zero-order chi connectivity index (χ0) is 35.6. The number of carbonyl (C=O) groups excluding carboxylic acids is 2. The van der Waals surface area contributed by atoms with Gasteiger partial charge in [0.2, 0.25) is 11.8 Å². The van der Waals surface area contributed by atoms with Crippen molar-refractivity contribution in [1.29, 1.82) is 0 Å². The summed E-state index contributed by atoms with van der Waals surface area (Å²) in [6, 6.07) is 24.5. The van der Waals surface area contributed by atoms with Crippen LogP contribution in [0.4, 0.5) is 11.4 Å². The third-order valence-corrected chi connectivity index (χ3v) is 10.6. The summed E-state index contributed by atoms with van der Waals surface area (Å²) in [5.74, 6) is -1.26. The van der Waals surface area contributed by atoms with Crippen molar-refractivity contribution in [1.82, 2.24) is 4.98 Å². The van der Waals surface area contributed by atoms with Gasteiger partial charge in [0.05, 0.1) is 51.5 Å². The Balaban J connectivity index is 1.21. The molecule has 0 radical (unpaired) electrons. The fourth-order valence-electron chi connectivity index (χ4n) is 7.44. The van der Waals surface area contributed by atoms with Crippen LogP contribution in [0.3, 0.4) is 0 Å². The number of aromatic hydroxyl groups is 1. The lowest BCUT2D eigenvalue weighted by atomic mass is 9.69. The highest BCUT2D eigenvalue weighted by atomic mass is 127. The number of hydrogen-bond donors (Lipinski definition) is 1. The molecule has 3 aromatic carbocycles. The van der Waals surface area contributed by atoms with Crippen LogP contribution in [0.15, 0.2) is 102 Å². The Hall–Kier alpha value is -5.08. The number of methoxy groups -OCH3 is 1. The Morgan fingerprint density at radius 2 is 1.86 bits per heavy atom. The van der Waals surface area contributed by atoms with E-state index in [0.717, 1.165) is 32.9 Å². The first kappa shape index (κ1) is 34.4. The van der Waals surface area contributed by atoms with Gasteiger partial charge in [-0.2, -0.15) is 0 Å². The standard InChI is InChI=1S/C39H34IN3O8/c1-49-34-18-23(17-31(40)37(34)44)16-24(32-12-5-6-15-41-32)13-14-33-35-25(21-50-28-10-3-2-4-11-28)19-29-36(30(35)22-51-33)39(46)42(38(29)45)26-8-7-9-27(20-26)43(47)48/h2-12,15-18,20,29-30,33,36,44H,13-14,19,21-22H2,1H3/b24-16-/t29-,30+,33-,36-/m1/s1. The molecule has 1 aromatic heterocycles. The molecular weight excluding hydrogens is 765 g/mol. The zero-order valence-electron chi connectivity index (χ0n) is 27.6. The Kier molecular flexibility index (Phi) is 9.87. The molecule has 1 aliphatic carbocycles. The number of anilines is 1. The number of nitro benzene ring substituents is 1. The van der Waals surface area contributed by atoms with Crippen LogP contribution in [0.25, 0.3) is 11.6 Å². The van der Waals surface area contributed by atoms with E-state index in [1.165, 1.54) is 25.3 Å². The van der Waals surface area contributed by atoms with Crippen LogP contribution in [0, 0.1) is 31.4 Å². The Morgan fingerprint density at radius 1 is 1.06 bits per heavy atom. The second-order valence-electron chi connectivity index (χ2n) is 12.7. The van der Waals surface area contributed by atoms with Crippen molar-refractivity contribution in [3.8, 4) is 17.2 Å². The quantitative estimate of drug-likeness (QED) is 0.0547. The topological polar surface area (TPSA) is 141 Å². The lowest BCUT2D eigenvalue weighted by Gasteiger charge is -2.31. The predicted molar refractivity (Wildman–Crippen MR) is 198 cm³/mol. The number of halogens is 1. The molecule has 0 spiro atoms. The summed E-state index contributed by atoms with van der Waals surface area (Å²) in [6.45, 7) is 0.486. The largest absolute Gasteiger partial charge is 0.504 e. The minimum Gasteiger partial charge on any atom is -0.504 e. The van der Waals surface area contributed by atoms with Crippen molar-refractivity contribution >= 4 is 57.4 Å². The van der Waals surface area contributed by atoms with Crippen molar-refractivity contribution < 1.29 is 33.8 Å². The first-order valence-electron chi connectivity index (χ1n) is 16.6. The highest BCUT2D eigenvalue weighted by Crippen LogP contribution is 2.51. The van der Waals surface area contributed by atoms with Crippen LogP contribution in [-0.4, -0.2) is 53.3 Å². The molecule has 51 heavy (non-hydrogen) atoms. The SMILES string of the molecule is COc1cc(/C=C(/CC[C@H]2OC[C@H]3C2=C(COc2ccccc2)C[C@H]2C(=O)N(c4cccc([N+](=O)[O-])c4)C(=O)[C@H]23)c2ccccn2)cc(I)c1O. The summed E-state index contributed by atoms with van der Waals surface area (Å²) < 4.78 is 18.8. The molecule has 0 unspecified atom stereocenters. The third-order valence-electron chi connectivity index (χ3n) is 9.74. The molecule has 0 bridgehead atoms. The number of benzene rings is 3. The van der Waals surface area contributed by atoms with Gasteiger partial charge >= 0.3 is 0 Å². The van der Waals surface area contributed by atoms with Crippen molar-refractivity contribution in [2.24, 2.45) is 17.8 Å². The van der Waals surface area contributed by atoms with E-state index in [9.17, 15) is 24.8 Å². The molecule has 2 saturated heterocycles. The van der Waals surface area contributed by atoms with Gasteiger partial charge in [0.1, 0.15) is 12.4 Å². The van der Waals surface area contributed by atoms with Crippen molar-refractivity contribution in [2.75, 3.05) is 25.2 Å². The van der Waals surface area contributed by atoms with E-state index < -0.39 is 16.8 Å². The van der Waals surface area contributed by atoms with Crippen LogP contribution in [-0.2, 0) is 14.3 Å². The van der Waals surface area contributed by atoms with Gasteiger partial charge in [0, 0.05) is 24.2 Å². The van der Waals surface area contributed by atoms with Gasteiger partial charge in [-0.05, 0) is 113 Å². The van der Waals surface area contributed by atoms with Crippen molar-refractivity contribution in [3.05, 3.63) is 127 Å². The molecule has 3 heterocycles. The van der Waals surface area contributed by atoms with E-state index >= 15 is 0 Å². The number of rotatable bonds is 11. The van der Waals surface area contributed by atoms with Gasteiger partial charge < -0.3 is 19.3 Å². The fraction of sp³-hybridized carbons (Fsp3) is 0.256. The Morgan fingerprint density at radius 3 is 2.61 bits per heavy atom. The van der Waals surface area contributed by atoms with Gasteiger partial charge in [-0.15, -0.1) is 0 Å². The molecule has 12 heteroatoms. The molecule has 3 aliphatic rings. The number of para-hydroxylation sites is 1. The van der Waals surface area contributed by atoms with Crippen LogP contribution in [0.1, 0.15) is 30.5 Å². The summed E-state index contributed by atoms with van der Waals surface area (Å²) in [4.78, 5) is 44.8. The molecule has 11 nitrogen and oxygen atoms in total. The van der Waals surface area contributed by atoms with Gasteiger partial charge in [0.15, 0.2) is 11.5 Å². The van der Waals surface area contributed by atoms with Crippen LogP contribution in [0.5, 0.6) is 17.2 Å². The molecule has 2 aliphatic heterocycles. The summed E-state index contributed by atoms with van der Waals surface area (Å²) in [6.07, 6.45) is 4.88. The maximum absolute atomic E-state index is 14.1. The Bertz CT molecular complexity index is 2050. The van der Waals surface area contributed by atoms with Gasteiger partial charge in [-0.3, -0.25) is 24.7 Å². The Labute approximate surface area is 307 Å². The van der Waals surface area contributed by atoms with Crippen molar-refractivity contribution in [2.45, 2.75) is 25.4 Å². The second-order valence-corrected chi connectivity index (χ2v) is 13.9. The molecule has 1 N–H and O–H groups in total. The lowest BCUT2D eigenvalue weighted by Crippen LogP contribution is -2.35. The van der Waals surface area contributed by atoms with Gasteiger partial charge in [-0.1, -0.05) is 30.3 Å². The highest BCUT2D eigenvalue weighted by Gasteiger charge is 2.57. The molecule has 4 atom stereocenters. The van der Waals surface area contributed by atoms with Crippen LogP contribution in [0.2, 0.25) is 0 Å². The first-order valence-corrected chi connectivity index (χ1v) is 17.6. The maximum Gasteiger partial charge on any atom is 0.271 e. The number of aromatic nitrogens is 1. The van der Waals surface area contributed by atoms with E-state index in [0.29, 0.717) is 34.3 Å². The van der Waals surface area contributed by atoms with E-state index in [-0.39, 0.29) is 54.2 Å². The summed E-state index contributed by atoms with van der Waals surface area (Å²) in [7, 11) is 1.51. The monoisotopic (exact) mass is 799 g/mol. The number of nitrogens with zero attached hydrogens (tertiary/aromatic N) is 3. The maximum atomic E-state index is 14.1. The minimum atomic E-state index is -0.658. The minimum absolute atomic E-state index is 0.0804. The molecule has 7 rings (SSSR count).